The van der Waals surface area contributed by atoms with Gasteiger partial charge in [0.1, 0.15) is 5.69 Å². The molecule has 110 valence electrons. The van der Waals surface area contributed by atoms with Gasteiger partial charge in [-0.25, -0.2) is 4.98 Å². The maximum absolute atomic E-state index is 11.9. The molecule has 1 amide bonds. The molecule has 0 aliphatic rings. The topological polar surface area (TPSA) is 110 Å². The minimum atomic E-state index is -0.554. The number of aromatic nitrogens is 2. The molecule has 0 saturated carbocycles. The molecule has 2 N–H and O–H groups in total. The average molecular weight is 290 g/mol. The zero-order valence-corrected chi connectivity index (χ0v) is 11.3. The molecule has 0 aliphatic heterocycles. The fraction of sp³-hybridized carbons (Fsp3) is 0.231. The minimum Gasteiger partial charge on any atom is -0.394 e. The van der Waals surface area contributed by atoms with E-state index in [9.17, 15) is 14.9 Å². The predicted octanol–water partition coefficient (Wildman–Crippen LogP) is 0.891. The van der Waals surface area contributed by atoms with Crippen LogP contribution in [0.5, 0.6) is 0 Å². The Morgan fingerprint density at radius 3 is 2.90 bits per heavy atom. The number of hydrogen-bond donors (Lipinski definition) is 2. The Labute approximate surface area is 120 Å². The molecular formula is C13H14N4O4. The number of aliphatic hydroxyl groups excluding tert-OH is 1. The van der Waals surface area contributed by atoms with Crippen molar-refractivity contribution < 1.29 is 14.8 Å². The number of nitrogens with one attached hydrogen (secondary N) is 1. The maximum atomic E-state index is 11.9. The highest BCUT2D eigenvalue weighted by molar-refractivity contribution is 5.95. The number of nitro groups is 1. The second-order valence-corrected chi connectivity index (χ2v) is 4.49. The fourth-order valence-electron chi connectivity index (χ4n) is 1.78. The van der Waals surface area contributed by atoms with E-state index in [1.807, 2.05) is 0 Å². The first-order valence-corrected chi connectivity index (χ1v) is 6.21. The molecule has 0 aliphatic carbocycles. The van der Waals surface area contributed by atoms with Crippen LogP contribution in [0.1, 0.15) is 17.3 Å². The third-order valence-corrected chi connectivity index (χ3v) is 2.87. The number of aliphatic hydroxyl groups is 1. The van der Waals surface area contributed by atoms with Crippen LogP contribution in [0, 0.1) is 10.1 Å². The third kappa shape index (κ3) is 3.23. The highest BCUT2D eigenvalue weighted by Gasteiger charge is 2.19. The van der Waals surface area contributed by atoms with Crippen LogP contribution in [0.4, 0.5) is 5.69 Å². The van der Waals surface area contributed by atoms with Crippen molar-refractivity contribution >= 4 is 11.6 Å². The van der Waals surface area contributed by atoms with E-state index in [1.54, 1.807) is 13.1 Å². The van der Waals surface area contributed by atoms with E-state index in [2.05, 4.69) is 10.3 Å². The normalized spacial score (nSPS) is 11.9. The zero-order chi connectivity index (χ0) is 15.4. The first-order valence-electron chi connectivity index (χ1n) is 6.21. The smallest absolute Gasteiger partial charge is 0.294 e. The Morgan fingerprint density at radius 1 is 1.57 bits per heavy atom. The van der Waals surface area contributed by atoms with Gasteiger partial charge in [-0.3, -0.25) is 14.9 Å². The first kappa shape index (κ1) is 14.7. The van der Waals surface area contributed by atoms with Crippen molar-refractivity contribution in [3.8, 4) is 5.69 Å². The Kier molecular flexibility index (Phi) is 4.29. The van der Waals surface area contributed by atoms with Crippen molar-refractivity contribution in [2.24, 2.45) is 0 Å². The van der Waals surface area contributed by atoms with Crippen molar-refractivity contribution in [3.05, 3.63) is 52.6 Å². The summed E-state index contributed by atoms with van der Waals surface area (Å²) in [7, 11) is 0. The molecule has 0 saturated heterocycles. The molecule has 1 atom stereocenters. The predicted molar refractivity (Wildman–Crippen MR) is 74.2 cm³/mol. The highest BCUT2D eigenvalue weighted by Crippen LogP contribution is 2.24. The van der Waals surface area contributed by atoms with Gasteiger partial charge in [-0.15, -0.1) is 0 Å². The van der Waals surface area contributed by atoms with E-state index in [-0.39, 0.29) is 17.9 Å². The number of hydrogen-bond acceptors (Lipinski definition) is 5. The number of benzene rings is 1. The van der Waals surface area contributed by atoms with Crippen molar-refractivity contribution in [1.82, 2.24) is 14.9 Å². The molecule has 0 fully saturated rings. The van der Waals surface area contributed by atoms with Crippen molar-refractivity contribution in [1.29, 1.82) is 0 Å². The third-order valence-electron chi connectivity index (χ3n) is 2.87. The largest absolute Gasteiger partial charge is 0.394 e. The van der Waals surface area contributed by atoms with E-state index in [0.29, 0.717) is 5.69 Å². The van der Waals surface area contributed by atoms with Crippen LogP contribution in [-0.2, 0) is 0 Å². The number of nitro benzene ring substituents is 1. The summed E-state index contributed by atoms with van der Waals surface area (Å²) in [6.07, 6.45) is 4.53. The van der Waals surface area contributed by atoms with Gasteiger partial charge in [0.2, 0.25) is 0 Å². The van der Waals surface area contributed by atoms with Crippen LogP contribution in [-0.4, -0.2) is 38.1 Å². The van der Waals surface area contributed by atoms with Crippen LogP contribution in [0.3, 0.4) is 0 Å². The van der Waals surface area contributed by atoms with Gasteiger partial charge in [0.25, 0.3) is 11.6 Å². The van der Waals surface area contributed by atoms with Crippen molar-refractivity contribution in [2.75, 3.05) is 6.61 Å². The number of nitrogens with zero attached hydrogens (tertiary/aromatic N) is 3. The molecule has 1 aromatic carbocycles. The molecule has 2 rings (SSSR count). The summed E-state index contributed by atoms with van der Waals surface area (Å²) in [5.74, 6) is -0.475. The van der Waals surface area contributed by atoms with Crippen LogP contribution in [0.2, 0.25) is 0 Å². The van der Waals surface area contributed by atoms with Gasteiger partial charge in [0.15, 0.2) is 0 Å². The van der Waals surface area contributed by atoms with E-state index in [0.717, 1.165) is 0 Å². The zero-order valence-electron chi connectivity index (χ0n) is 11.3. The standard InChI is InChI=1S/C13H14N4O4/c1-9(7-18)15-13(19)10-2-3-11(12(6-10)17(20)21)16-5-4-14-8-16/h2-6,8-9,18H,7H2,1H3,(H,15,19). The molecule has 21 heavy (non-hydrogen) atoms. The second-order valence-electron chi connectivity index (χ2n) is 4.49. The Morgan fingerprint density at radius 2 is 2.33 bits per heavy atom. The van der Waals surface area contributed by atoms with Gasteiger partial charge in [-0.1, -0.05) is 0 Å². The van der Waals surface area contributed by atoms with Crippen molar-refractivity contribution in [3.63, 3.8) is 0 Å². The van der Waals surface area contributed by atoms with Gasteiger partial charge in [-0.2, -0.15) is 0 Å². The van der Waals surface area contributed by atoms with Crippen LogP contribution < -0.4 is 5.32 Å². The molecular weight excluding hydrogens is 276 g/mol. The van der Waals surface area contributed by atoms with Gasteiger partial charge < -0.3 is 15.0 Å². The SMILES string of the molecule is CC(CO)NC(=O)c1ccc(-n2ccnc2)c([N+](=O)[O-])c1. The van der Waals surface area contributed by atoms with Crippen molar-refractivity contribution in [2.45, 2.75) is 13.0 Å². The lowest BCUT2D eigenvalue weighted by Gasteiger charge is -2.11. The summed E-state index contributed by atoms with van der Waals surface area (Å²) in [5, 5.41) is 22.6. The monoisotopic (exact) mass is 290 g/mol. The fourth-order valence-corrected chi connectivity index (χ4v) is 1.78. The molecule has 8 nitrogen and oxygen atoms in total. The highest BCUT2D eigenvalue weighted by atomic mass is 16.6. The van der Waals surface area contributed by atoms with E-state index in [4.69, 9.17) is 5.11 Å². The number of carbonyl (C=O) groups is 1. The van der Waals surface area contributed by atoms with Gasteiger partial charge in [-0.05, 0) is 19.1 Å². The van der Waals surface area contributed by atoms with E-state index < -0.39 is 16.9 Å². The number of imidazole rings is 1. The summed E-state index contributed by atoms with van der Waals surface area (Å²) in [6, 6.07) is 3.75. The van der Waals surface area contributed by atoms with Crippen LogP contribution in [0.25, 0.3) is 5.69 Å². The lowest BCUT2D eigenvalue weighted by Crippen LogP contribution is -2.35. The van der Waals surface area contributed by atoms with Gasteiger partial charge in [0.05, 0.1) is 17.9 Å². The van der Waals surface area contributed by atoms with E-state index in [1.165, 1.54) is 35.3 Å². The molecule has 0 spiro atoms. The minimum absolute atomic E-state index is 0.158. The molecule has 1 aromatic heterocycles. The number of amides is 1. The molecule has 8 heteroatoms. The van der Waals surface area contributed by atoms with Gasteiger partial charge in [0, 0.05) is 30.1 Å². The van der Waals surface area contributed by atoms with Crippen LogP contribution in [0.15, 0.2) is 36.9 Å². The first-order chi connectivity index (χ1) is 10.0. The number of carbonyl (C=O) groups excluding carboxylic acids is 1. The maximum Gasteiger partial charge on any atom is 0.294 e. The Bertz CT molecular complexity index is 654. The Balaban J connectivity index is 2.37. The second kappa shape index (κ2) is 6.14. The molecule has 0 radical (unpaired) electrons. The molecule has 1 heterocycles. The lowest BCUT2D eigenvalue weighted by molar-refractivity contribution is -0.384. The average Bonchev–Trinajstić information content (AvgIpc) is 3.00. The summed E-state index contributed by atoms with van der Waals surface area (Å²) in [4.78, 5) is 26.4. The molecule has 1 unspecified atom stereocenters. The number of rotatable bonds is 5. The van der Waals surface area contributed by atoms with E-state index >= 15 is 0 Å². The molecule has 0 bridgehead atoms. The Hall–Kier alpha value is -2.74. The molecule has 2 aromatic rings. The quantitative estimate of drug-likeness (QED) is 0.627. The summed E-state index contributed by atoms with van der Waals surface area (Å²) < 4.78 is 1.50. The van der Waals surface area contributed by atoms with Gasteiger partial charge >= 0.3 is 0 Å². The summed E-state index contributed by atoms with van der Waals surface area (Å²) in [5.41, 5.74) is 0.285. The summed E-state index contributed by atoms with van der Waals surface area (Å²) in [6.45, 7) is 1.42. The summed E-state index contributed by atoms with van der Waals surface area (Å²) >= 11 is 0. The lowest BCUT2D eigenvalue weighted by atomic mass is 10.1. The van der Waals surface area contributed by atoms with Crippen LogP contribution >= 0.6 is 0 Å².